The van der Waals surface area contributed by atoms with Gasteiger partial charge >= 0.3 is 0 Å². The highest BCUT2D eigenvalue weighted by Crippen LogP contribution is 2.04. The summed E-state index contributed by atoms with van der Waals surface area (Å²) in [4.78, 5) is 4.53. The van der Waals surface area contributed by atoms with Crippen LogP contribution in [0.2, 0.25) is 0 Å². The molecule has 1 aromatic heterocycles. The molecule has 0 fully saturated rings. The van der Waals surface area contributed by atoms with Gasteiger partial charge < -0.3 is 5.32 Å². The van der Waals surface area contributed by atoms with Gasteiger partial charge in [-0.2, -0.15) is 0 Å². The van der Waals surface area contributed by atoms with Crippen LogP contribution in [0.15, 0.2) is 18.2 Å². The van der Waals surface area contributed by atoms with Crippen LogP contribution in [-0.2, 0) is 6.42 Å². The molecule has 1 atom stereocenters. The average Bonchev–Trinajstić information content (AvgIpc) is 2.24. The maximum absolute atomic E-state index is 4.53. The summed E-state index contributed by atoms with van der Waals surface area (Å²) in [6.45, 7) is 7.57. The predicted octanol–water partition coefficient (Wildman–Crippen LogP) is 2.71. The quantitative estimate of drug-likeness (QED) is 0.774. The van der Waals surface area contributed by atoms with Crippen molar-refractivity contribution >= 4 is 0 Å². The Morgan fingerprint density at radius 2 is 2.13 bits per heavy atom. The summed E-state index contributed by atoms with van der Waals surface area (Å²) in [5, 5.41) is 3.55. The molecule has 0 aliphatic carbocycles. The van der Waals surface area contributed by atoms with Gasteiger partial charge in [0, 0.05) is 23.9 Å². The summed E-state index contributed by atoms with van der Waals surface area (Å²) in [7, 11) is 0. The summed E-state index contributed by atoms with van der Waals surface area (Å²) >= 11 is 0. The topological polar surface area (TPSA) is 24.9 Å². The Bertz CT molecular complexity index is 284. The smallest absolute Gasteiger partial charge is 0.0422 e. The fourth-order valence-electron chi connectivity index (χ4n) is 1.67. The van der Waals surface area contributed by atoms with Gasteiger partial charge in [0.15, 0.2) is 0 Å². The minimum Gasteiger partial charge on any atom is -0.314 e. The van der Waals surface area contributed by atoms with Crippen LogP contribution in [0.5, 0.6) is 0 Å². The van der Waals surface area contributed by atoms with Gasteiger partial charge in [0.2, 0.25) is 0 Å². The molecule has 1 unspecified atom stereocenters. The van der Waals surface area contributed by atoms with Crippen molar-refractivity contribution in [1.82, 2.24) is 10.3 Å². The second kappa shape index (κ2) is 6.57. The maximum Gasteiger partial charge on any atom is 0.0422 e. The van der Waals surface area contributed by atoms with E-state index in [0.29, 0.717) is 6.04 Å². The van der Waals surface area contributed by atoms with Crippen molar-refractivity contribution in [3.05, 3.63) is 29.6 Å². The number of aryl methyl sites for hydroxylation is 1. The SMILES string of the molecule is CCCNC(CC)Cc1cccc(C)n1. The first kappa shape index (κ1) is 12.2. The molecule has 0 saturated heterocycles. The van der Waals surface area contributed by atoms with E-state index in [1.807, 2.05) is 13.0 Å². The van der Waals surface area contributed by atoms with Gasteiger partial charge in [-0.3, -0.25) is 4.98 Å². The largest absolute Gasteiger partial charge is 0.314 e. The zero-order chi connectivity index (χ0) is 11.1. The molecule has 0 aliphatic rings. The van der Waals surface area contributed by atoms with Crippen LogP contribution in [0.1, 0.15) is 38.1 Å². The molecule has 84 valence electrons. The lowest BCUT2D eigenvalue weighted by Crippen LogP contribution is -2.31. The third-order valence-electron chi connectivity index (χ3n) is 2.58. The number of rotatable bonds is 6. The van der Waals surface area contributed by atoms with E-state index in [-0.39, 0.29) is 0 Å². The van der Waals surface area contributed by atoms with Crippen molar-refractivity contribution in [3.8, 4) is 0 Å². The fraction of sp³-hybridized carbons (Fsp3) is 0.615. The fourth-order valence-corrected chi connectivity index (χ4v) is 1.67. The Morgan fingerprint density at radius 1 is 1.33 bits per heavy atom. The molecule has 1 rings (SSSR count). The van der Waals surface area contributed by atoms with Gasteiger partial charge in [-0.25, -0.2) is 0 Å². The van der Waals surface area contributed by atoms with Crippen LogP contribution < -0.4 is 5.32 Å². The Kier molecular flexibility index (Phi) is 5.33. The maximum atomic E-state index is 4.53. The second-order valence-electron chi connectivity index (χ2n) is 4.03. The first-order valence-corrected chi connectivity index (χ1v) is 5.92. The second-order valence-corrected chi connectivity index (χ2v) is 4.03. The molecule has 1 heterocycles. The molecular formula is C13H22N2. The van der Waals surface area contributed by atoms with Gasteiger partial charge in [-0.1, -0.05) is 19.9 Å². The van der Waals surface area contributed by atoms with E-state index < -0.39 is 0 Å². The van der Waals surface area contributed by atoms with Crippen molar-refractivity contribution < 1.29 is 0 Å². The van der Waals surface area contributed by atoms with Crippen LogP contribution in [0, 0.1) is 6.92 Å². The molecule has 1 N–H and O–H groups in total. The van der Waals surface area contributed by atoms with Crippen LogP contribution in [0.4, 0.5) is 0 Å². The van der Waals surface area contributed by atoms with Gasteiger partial charge in [-0.15, -0.1) is 0 Å². The number of nitrogens with one attached hydrogen (secondary N) is 1. The molecule has 0 amide bonds. The summed E-state index contributed by atoms with van der Waals surface area (Å²) < 4.78 is 0. The molecule has 15 heavy (non-hydrogen) atoms. The van der Waals surface area contributed by atoms with Gasteiger partial charge in [0.1, 0.15) is 0 Å². The number of hydrogen-bond donors (Lipinski definition) is 1. The van der Waals surface area contributed by atoms with Gasteiger partial charge in [0.25, 0.3) is 0 Å². The first-order chi connectivity index (χ1) is 7.26. The number of pyridine rings is 1. The standard InChI is InChI=1S/C13H22N2/c1-4-9-14-12(5-2)10-13-8-6-7-11(3)15-13/h6-8,12,14H,4-5,9-10H2,1-3H3. The molecule has 0 saturated carbocycles. The molecule has 2 heteroatoms. The van der Waals surface area contributed by atoms with Crippen LogP contribution in [0.3, 0.4) is 0 Å². The summed E-state index contributed by atoms with van der Waals surface area (Å²) in [6.07, 6.45) is 3.39. The molecule has 0 bridgehead atoms. The van der Waals surface area contributed by atoms with E-state index in [1.165, 1.54) is 12.1 Å². The Morgan fingerprint density at radius 3 is 2.73 bits per heavy atom. The van der Waals surface area contributed by atoms with Crippen molar-refractivity contribution in [2.24, 2.45) is 0 Å². The molecular weight excluding hydrogens is 184 g/mol. The van der Waals surface area contributed by atoms with E-state index in [1.54, 1.807) is 0 Å². The zero-order valence-corrected chi connectivity index (χ0v) is 10.1. The molecule has 0 aromatic carbocycles. The summed E-state index contributed by atoms with van der Waals surface area (Å²) in [5.74, 6) is 0. The van der Waals surface area contributed by atoms with Crippen LogP contribution in [-0.4, -0.2) is 17.6 Å². The lowest BCUT2D eigenvalue weighted by atomic mass is 10.1. The lowest BCUT2D eigenvalue weighted by Gasteiger charge is -2.16. The van der Waals surface area contributed by atoms with E-state index in [0.717, 1.165) is 25.1 Å². The third-order valence-corrected chi connectivity index (χ3v) is 2.58. The minimum atomic E-state index is 0.569. The number of hydrogen-bond acceptors (Lipinski definition) is 2. The average molecular weight is 206 g/mol. The zero-order valence-electron chi connectivity index (χ0n) is 10.1. The molecule has 0 radical (unpaired) electrons. The Balaban J connectivity index is 2.50. The summed E-state index contributed by atoms with van der Waals surface area (Å²) in [5.41, 5.74) is 2.31. The highest BCUT2D eigenvalue weighted by molar-refractivity contribution is 5.10. The monoisotopic (exact) mass is 206 g/mol. The lowest BCUT2D eigenvalue weighted by molar-refractivity contribution is 0.490. The minimum absolute atomic E-state index is 0.569. The molecule has 0 spiro atoms. The van der Waals surface area contributed by atoms with Crippen molar-refractivity contribution in [2.75, 3.05) is 6.54 Å². The highest BCUT2D eigenvalue weighted by Gasteiger charge is 2.06. The van der Waals surface area contributed by atoms with E-state index in [4.69, 9.17) is 0 Å². The number of nitrogens with zero attached hydrogens (tertiary/aromatic N) is 1. The molecule has 1 aromatic rings. The third kappa shape index (κ3) is 4.43. The first-order valence-electron chi connectivity index (χ1n) is 5.92. The van der Waals surface area contributed by atoms with Crippen LogP contribution >= 0.6 is 0 Å². The normalized spacial score (nSPS) is 12.7. The molecule has 2 nitrogen and oxygen atoms in total. The Labute approximate surface area is 93.1 Å². The summed E-state index contributed by atoms with van der Waals surface area (Å²) in [6, 6.07) is 6.82. The van der Waals surface area contributed by atoms with Crippen LogP contribution in [0.25, 0.3) is 0 Å². The van der Waals surface area contributed by atoms with Crippen molar-refractivity contribution in [2.45, 2.75) is 46.1 Å². The van der Waals surface area contributed by atoms with Crippen molar-refractivity contribution in [1.29, 1.82) is 0 Å². The predicted molar refractivity (Wildman–Crippen MR) is 65.1 cm³/mol. The van der Waals surface area contributed by atoms with E-state index in [9.17, 15) is 0 Å². The molecule has 0 aliphatic heterocycles. The highest BCUT2D eigenvalue weighted by atomic mass is 14.9. The Hall–Kier alpha value is -0.890. The van der Waals surface area contributed by atoms with Crippen molar-refractivity contribution in [3.63, 3.8) is 0 Å². The van der Waals surface area contributed by atoms with E-state index in [2.05, 4.69) is 36.3 Å². The van der Waals surface area contributed by atoms with E-state index >= 15 is 0 Å². The van der Waals surface area contributed by atoms with Gasteiger partial charge in [0.05, 0.1) is 0 Å². The number of aromatic nitrogens is 1. The van der Waals surface area contributed by atoms with Gasteiger partial charge in [-0.05, 0) is 38.4 Å².